The van der Waals surface area contributed by atoms with E-state index in [0.29, 0.717) is 11.6 Å². The van der Waals surface area contributed by atoms with Crippen molar-refractivity contribution in [1.29, 1.82) is 0 Å². The summed E-state index contributed by atoms with van der Waals surface area (Å²) in [6.07, 6.45) is 7.80. The summed E-state index contributed by atoms with van der Waals surface area (Å²) in [5, 5.41) is 0.943. The Balaban J connectivity index is 2.15. The summed E-state index contributed by atoms with van der Waals surface area (Å²) in [5.74, 6) is 0.106. The van der Waals surface area contributed by atoms with Crippen LogP contribution in [0.5, 0.6) is 0 Å². The van der Waals surface area contributed by atoms with E-state index in [1.807, 2.05) is 11.0 Å². The Labute approximate surface area is 124 Å². The number of alkyl halides is 1. The molecule has 1 aromatic rings. The molecule has 0 N–H and O–H groups in total. The lowest BCUT2D eigenvalue weighted by molar-refractivity contribution is 0.0609. The Morgan fingerprint density at radius 1 is 1.44 bits per heavy atom. The van der Waals surface area contributed by atoms with Crippen molar-refractivity contribution in [3.05, 3.63) is 28.5 Å². The largest absolute Gasteiger partial charge is 0.336 e. The van der Waals surface area contributed by atoms with Gasteiger partial charge in [-0.2, -0.15) is 0 Å². The summed E-state index contributed by atoms with van der Waals surface area (Å²) in [4.78, 5) is 18.6. The number of carbonyl (C=O) groups is 1. The first-order valence-electron chi connectivity index (χ1n) is 6.20. The van der Waals surface area contributed by atoms with Gasteiger partial charge in [-0.15, -0.1) is 0 Å². The third kappa shape index (κ3) is 3.32. The predicted octanol–water partition coefficient (Wildman–Crippen LogP) is 3.62. The molecule has 18 heavy (non-hydrogen) atoms. The molecule has 2 heterocycles. The Bertz CT molecular complexity index is 423. The molecule has 0 spiro atoms. The van der Waals surface area contributed by atoms with Gasteiger partial charge in [0.1, 0.15) is 0 Å². The number of rotatable bonds is 3. The maximum absolute atomic E-state index is 12.5. The number of aromatic nitrogens is 1. The quantitative estimate of drug-likeness (QED) is 0.756. The molecule has 1 amide bonds. The number of carbonyl (C=O) groups excluding carboxylic acids is 1. The Morgan fingerprint density at radius 3 is 3.00 bits per heavy atom. The molecule has 1 aliphatic rings. The van der Waals surface area contributed by atoms with E-state index < -0.39 is 0 Å². The fourth-order valence-electron chi connectivity index (χ4n) is 2.39. The van der Waals surface area contributed by atoms with Crippen LogP contribution in [0.1, 0.15) is 36.0 Å². The third-order valence-electron chi connectivity index (χ3n) is 3.28. The Kier molecular flexibility index (Phi) is 5.18. The van der Waals surface area contributed by atoms with Crippen LogP contribution >= 0.6 is 31.9 Å². The fourth-order valence-corrected chi connectivity index (χ4v) is 3.28. The molecular formula is C13H16Br2N2O. The maximum Gasteiger partial charge on any atom is 0.255 e. The zero-order valence-electron chi connectivity index (χ0n) is 10.1. The summed E-state index contributed by atoms with van der Waals surface area (Å²) < 4.78 is 0.849. The smallest absolute Gasteiger partial charge is 0.255 e. The van der Waals surface area contributed by atoms with E-state index in [9.17, 15) is 4.79 Å². The van der Waals surface area contributed by atoms with Gasteiger partial charge in [0.25, 0.3) is 5.91 Å². The van der Waals surface area contributed by atoms with Crippen LogP contribution in [0.25, 0.3) is 0 Å². The van der Waals surface area contributed by atoms with E-state index >= 15 is 0 Å². The average molecular weight is 376 g/mol. The van der Waals surface area contributed by atoms with E-state index in [1.54, 1.807) is 12.4 Å². The number of hydrogen-bond acceptors (Lipinski definition) is 2. The van der Waals surface area contributed by atoms with Crippen LogP contribution in [-0.4, -0.2) is 33.7 Å². The summed E-state index contributed by atoms with van der Waals surface area (Å²) in [7, 11) is 0. The number of likely N-dealkylation sites (tertiary alicyclic amines) is 1. The number of piperidine rings is 1. The molecular weight excluding hydrogens is 360 g/mol. The first-order valence-corrected chi connectivity index (χ1v) is 8.11. The van der Waals surface area contributed by atoms with Gasteiger partial charge in [-0.25, -0.2) is 0 Å². The fraction of sp³-hybridized carbons (Fsp3) is 0.538. The standard InChI is InChI=1S/C13H16Br2N2O/c14-5-4-12-3-1-2-6-17(12)13(18)10-7-11(15)9-16-8-10/h7-9,12H,1-6H2. The minimum atomic E-state index is 0.106. The molecule has 5 heteroatoms. The van der Waals surface area contributed by atoms with Crippen LogP contribution in [0.15, 0.2) is 22.9 Å². The van der Waals surface area contributed by atoms with Gasteiger partial charge in [0.2, 0.25) is 0 Å². The first kappa shape index (κ1) is 14.0. The van der Waals surface area contributed by atoms with Crippen molar-refractivity contribution < 1.29 is 4.79 Å². The molecule has 0 aromatic carbocycles. The SMILES string of the molecule is O=C(c1cncc(Br)c1)N1CCCCC1CCBr. The highest BCUT2D eigenvalue weighted by Crippen LogP contribution is 2.23. The highest BCUT2D eigenvalue weighted by Gasteiger charge is 2.27. The Morgan fingerprint density at radius 2 is 2.28 bits per heavy atom. The van der Waals surface area contributed by atoms with Crippen LogP contribution in [-0.2, 0) is 0 Å². The van der Waals surface area contributed by atoms with E-state index in [-0.39, 0.29) is 5.91 Å². The van der Waals surface area contributed by atoms with Crippen molar-refractivity contribution in [3.8, 4) is 0 Å². The number of hydrogen-bond donors (Lipinski definition) is 0. The van der Waals surface area contributed by atoms with E-state index in [0.717, 1.165) is 35.6 Å². The van der Waals surface area contributed by atoms with Gasteiger partial charge >= 0.3 is 0 Å². The molecule has 1 aromatic heterocycles. The van der Waals surface area contributed by atoms with Crippen LogP contribution in [0, 0.1) is 0 Å². The number of amides is 1. The van der Waals surface area contributed by atoms with E-state index in [1.165, 1.54) is 6.42 Å². The molecule has 0 saturated carbocycles. The average Bonchev–Trinajstić information content (AvgIpc) is 2.39. The van der Waals surface area contributed by atoms with Gasteiger partial charge in [0.15, 0.2) is 0 Å². The molecule has 0 aliphatic carbocycles. The van der Waals surface area contributed by atoms with Crippen LogP contribution in [0.4, 0.5) is 0 Å². The van der Waals surface area contributed by atoms with E-state index in [2.05, 4.69) is 36.8 Å². The summed E-state index contributed by atoms with van der Waals surface area (Å²) in [5.41, 5.74) is 0.672. The molecule has 3 nitrogen and oxygen atoms in total. The highest BCUT2D eigenvalue weighted by molar-refractivity contribution is 9.10. The van der Waals surface area contributed by atoms with Gasteiger partial charge in [0, 0.05) is 34.8 Å². The van der Waals surface area contributed by atoms with Crippen molar-refractivity contribution >= 4 is 37.8 Å². The third-order valence-corrected chi connectivity index (χ3v) is 4.17. The van der Waals surface area contributed by atoms with E-state index in [4.69, 9.17) is 0 Å². The second-order valence-corrected chi connectivity index (χ2v) is 6.23. The second kappa shape index (κ2) is 6.66. The van der Waals surface area contributed by atoms with Crippen molar-refractivity contribution in [2.24, 2.45) is 0 Å². The van der Waals surface area contributed by atoms with Crippen molar-refractivity contribution in [2.75, 3.05) is 11.9 Å². The Hall–Kier alpha value is -0.420. The number of halogens is 2. The molecule has 98 valence electrons. The molecule has 1 fully saturated rings. The monoisotopic (exact) mass is 374 g/mol. The number of pyridine rings is 1. The highest BCUT2D eigenvalue weighted by atomic mass is 79.9. The van der Waals surface area contributed by atoms with Crippen LogP contribution in [0.3, 0.4) is 0 Å². The summed E-state index contributed by atoms with van der Waals surface area (Å²) in [6.45, 7) is 0.864. The molecule has 0 bridgehead atoms. The van der Waals surface area contributed by atoms with Gasteiger partial charge < -0.3 is 4.90 Å². The van der Waals surface area contributed by atoms with Gasteiger partial charge in [-0.05, 0) is 47.7 Å². The van der Waals surface area contributed by atoms with Gasteiger partial charge in [-0.3, -0.25) is 9.78 Å². The molecule has 1 atom stereocenters. The normalized spacial score (nSPS) is 19.9. The van der Waals surface area contributed by atoms with Gasteiger partial charge in [-0.1, -0.05) is 15.9 Å². The van der Waals surface area contributed by atoms with Crippen LogP contribution in [0.2, 0.25) is 0 Å². The first-order chi connectivity index (χ1) is 8.72. The molecule has 1 unspecified atom stereocenters. The lowest BCUT2D eigenvalue weighted by Gasteiger charge is -2.35. The second-order valence-electron chi connectivity index (χ2n) is 4.52. The molecule has 1 saturated heterocycles. The molecule has 0 radical (unpaired) electrons. The van der Waals surface area contributed by atoms with Gasteiger partial charge in [0.05, 0.1) is 5.56 Å². The number of nitrogens with zero attached hydrogens (tertiary/aromatic N) is 2. The predicted molar refractivity (Wildman–Crippen MR) is 79.0 cm³/mol. The lowest BCUT2D eigenvalue weighted by Crippen LogP contribution is -2.44. The summed E-state index contributed by atoms with van der Waals surface area (Å²) >= 11 is 6.83. The molecule has 1 aliphatic heterocycles. The minimum Gasteiger partial charge on any atom is -0.336 e. The van der Waals surface area contributed by atoms with Crippen LogP contribution < -0.4 is 0 Å². The molecule has 2 rings (SSSR count). The zero-order chi connectivity index (χ0) is 13.0. The zero-order valence-corrected chi connectivity index (χ0v) is 13.3. The summed E-state index contributed by atoms with van der Waals surface area (Å²) in [6, 6.07) is 2.21. The lowest BCUT2D eigenvalue weighted by atomic mass is 9.99. The topological polar surface area (TPSA) is 33.2 Å². The van der Waals surface area contributed by atoms with Crippen molar-refractivity contribution in [3.63, 3.8) is 0 Å². The minimum absolute atomic E-state index is 0.106. The maximum atomic E-state index is 12.5. The van der Waals surface area contributed by atoms with Crippen molar-refractivity contribution in [1.82, 2.24) is 9.88 Å². The van der Waals surface area contributed by atoms with Crippen molar-refractivity contribution in [2.45, 2.75) is 31.7 Å².